The molecule has 0 aromatic heterocycles. The Kier molecular flexibility index (Phi) is 5.65. The molecular weight excluding hydrogens is 394 g/mol. The van der Waals surface area contributed by atoms with Gasteiger partial charge in [-0.05, 0) is 67.9 Å². The number of carbonyl (C=O) groups excluding carboxylic acids is 2. The first-order chi connectivity index (χ1) is 15.0. The number of piperidine rings is 1. The molecule has 2 aliphatic rings. The standard InChI is InChI=1S/C25H29NO5/c1-4-31-23(28)24(16-17-8-6-5-7-9-17)12-13-25(26-22(24)27)11-10-18-14-20(29-2)21(30-3)15-19(18)25/h5-9,14-15H,4,10-13,16H2,1-3H3,(H,26,27). The molecule has 1 spiro atoms. The summed E-state index contributed by atoms with van der Waals surface area (Å²) < 4.78 is 16.3. The van der Waals surface area contributed by atoms with E-state index in [1.807, 2.05) is 42.5 Å². The smallest absolute Gasteiger partial charge is 0.321 e. The Morgan fingerprint density at radius 2 is 1.74 bits per heavy atom. The zero-order valence-corrected chi connectivity index (χ0v) is 18.3. The van der Waals surface area contributed by atoms with Gasteiger partial charge in [0.15, 0.2) is 16.9 Å². The lowest BCUT2D eigenvalue weighted by Gasteiger charge is -2.44. The van der Waals surface area contributed by atoms with Crippen LogP contribution in [0, 0.1) is 5.41 Å². The average Bonchev–Trinajstić information content (AvgIpc) is 3.12. The zero-order valence-electron chi connectivity index (χ0n) is 18.3. The average molecular weight is 424 g/mol. The van der Waals surface area contributed by atoms with Gasteiger partial charge in [0.25, 0.3) is 0 Å². The Bertz CT molecular complexity index is 989. The van der Waals surface area contributed by atoms with Gasteiger partial charge in [-0.1, -0.05) is 30.3 Å². The maximum Gasteiger partial charge on any atom is 0.321 e. The van der Waals surface area contributed by atoms with Gasteiger partial charge in [0.05, 0.1) is 26.4 Å². The number of nitrogens with one attached hydrogen (secondary N) is 1. The van der Waals surface area contributed by atoms with Crippen LogP contribution in [0.2, 0.25) is 0 Å². The molecule has 6 nitrogen and oxygen atoms in total. The second kappa shape index (κ2) is 8.25. The minimum Gasteiger partial charge on any atom is -0.493 e. The molecule has 31 heavy (non-hydrogen) atoms. The van der Waals surface area contributed by atoms with Gasteiger partial charge in [-0.25, -0.2) is 0 Å². The van der Waals surface area contributed by atoms with Gasteiger partial charge in [0.2, 0.25) is 5.91 Å². The minimum absolute atomic E-state index is 0.244. The minimum atomic E-state index is -1.22. The number of rotatable bonds is 6. The highest BCUT2D eigenvalue weighted by Crippen LogP contribution is 2.50. The van der Waals surface area contributed by atoms with Crippen molar-refractivity contribution in [2.24, 2.45) is 5.41 Å². The number of hydrogen-bond acceptors (Lipinski definition) is 5. The normalized spacial score (nSPS) is 24.4. The monoisotopic (exact) mass is 423 g/mol. The molecule has 6 heteroatoms. The van der Waals surface area contributed by atoms with Gasteiger partial charge < -0.3 is 19.5 Å². The highest BCUT2D eigenvalue weighted by Gasteiger charge is 2.56. The van der Waals surface area contributed by atoms with Crippen LogP contribution < -0.4 is 14.8 Å². The molecule has 1 saturated heterocycles. The molecule has 1 fully saturated rings. The van der Waals surface area contributed by atoms with Crippen LogP contribution in [0.3, 0.4) is 0 Å². The molecule has 1 N–H and O–H groups in total. The molecule has 4 rings (SSSR count). The third kappa shape index (κ3) is 3.54. The van der Waals surface area contributed by atoms with E-state index in [2.05, 4.69) is 5.32 Å². The van der Waals surface area contributed by atoms with Crippen LogP contribution in [0.25, 0.3) is 0 Å². The van der Waals surface area contributed by atoms with E-state index >= 15 is 0 Å². The molecule has 2 atom stereocenters. The summed E-state index contributed by atoms with van der Waals surface area (Å²) in [6, 6.07) is 13.6. The molecule has 1 heterocycles. The van der Waals surface area contributed by atoms with Crippen molar-refractivity contribution >= 4 is 11.9 Å². The molecule has 1 amide bonds. The Morgan fingerprint density at radius 3 is 2.39 bits per heavy atom. The van der Waals surface area contributed by atoms with E-state index in [4.69, 9.17) is 14.2 Å². The molecule has 1 aliphatic heterocycles. The fourth-order valence-electron chi connectivity index (χ4n) is 5.03. The molecule has 2 aromatic rings. The van der Waals surface area contributed by atoms with E-state index in [1.54, 1.807) is 21.1 Å². The number of methoxy groups -OCH3 is 2. The number of aryl methyl sites for hydroxylation is 1. The largest absolute Gasteiger partial charge is 0.493 e. The Balaban J connectivity index is 1.68. The summed E-state index contributed by atoms with van der Waals surface area (Å²) in [4.78, 5) is 26.7. The first-order valence-corrected chi connectivity index (χ1v) is 10.8. The van der Waals surface area contributed by atoms with Gasteiger partial charge in [-0.2, -0.15) is 0 Å². The number of benzene rings is 2. The van der Waals surface area contributed by atoms with E-state index in [1.165, 1.54) is 0 Å². The van der Waals surface area contributed by atoms with Crippen molar-refractivity contribution in [2.45, 2.75) is 44.6 Å². The van der Waals surface area contributed by atoms with Gasteiger partial charge in [-0.3, -0.25) is 9.59 Å². The van der Waals surface area contributed by atoms with Crippen LogP contribution in [-0.4, -0.2) is 32.7 Å². The van der Waals surface area contributed by atoms with Crippen LogP contribution in [0.1, 0.15) is 42.9 Å². The number of fused-ring (bicyclic) bond motifs is 2. The van der Waals surface area contributed by atoms with Gasteiger partial charge >= 0.3 is 5.97 Å². The SMILES string of the molecule is CCOC(=O)C1(Cc2ccccc2)CCC2(CCc3cc(OC)c(OC)cc32)NC1=O. The lowest BCUT2D eigenvalue weighted by atomic mass is 9.68. The summed E-state index contributed by atoms with van der Waals surface area (Å²) in [7, 11) is 3.23. The van der Waals surface area contributed by atoms with Crippen molar-refractivity contribution in [1.29, 1.82) is 0 Å². The maximum atomic E-state index is 13.6. The predicted octanol–water partition coefficient (Wildman–Crippen LogP) is 3.55. The molecule has 0 bridgehead atoms. The number of ether oxygens (including phenoxy) is 3. The topological polar surface area (TPSA) is 73.9 Å². The fraction of sp³-hybridized carbons (Fsp3) is 0.440. The van der Waals surface area contributed by atoms with Crippen molar-refractivity contribution in [2.75, 3.05) is 20.8 Å². The number of esters is 1. The van der Waals surface area contributed by atoms with Crippen molar-refractivity contribution in [3.05, 3.63) is 59.2 Å². The molecule has 0 saturated carbocycles. The zero-order chi connectivity index (χ0) is 22.1. The van der Waals surface area contributed by atoms with E-state index in [0.29, 0.717) is 30.8 Å². The van der Waals surface area contributed by atoms with Gasteiger partial charge in [0.1, 0.15) is 0 Å². The van der Waals surface area contributed by atoms with Crippen molar-refractivity contribution in [3.8, 4) is 11.5 Å². The molecule has 1 aliphatic carbocycles. The Morgan fingerprint density at radius 1 is 1.03 bits per heavy atom. The summed E-state index contributed by atoms with van der Waals surface area (Å²) in [5, 5.41) is 3.25. The van der Waals surface area contributed by atoms with Crippen LogP contribution in [-0.2, 0) is 32.7 Å². The van der Waals surface area contributed by atoms with E-state index < -0.39 is 16.9 Å². The maximum absolute atomic E-state index is 13.6. The van der Waals surface area contributed by atoms with Gasteiger partial charge in [0, 0.05) is 0 Å². The van der Waals surface area contributed by atoms with Crippen LogP contribution in [0.4, 0.5) is 0 Å². The number of amides is 1. The third-order valence-electron chi connectivity index (χ3n) is 6.73. The number of hydrogen-bond donors (Lipinski definition) is 1. The van der Waals surface area contributed by atoms with Crippen molar-refractivity contribution < 1.29 is 23.8 Å². The molecular formula is C25H29NO5. The quantitative estimate of drug-likeness (QED) is 0.568. The van der Waals surface area contributed by atoms with Gasteiger partial charge in [-0.15, -0.1) is 0 Å². The van der Waals surface area contributed by atoms with Crippen LogP contribution >= 0.6 is 0 Å². The molecule has 0 radical (unpaired) electrons. The summed E-state index contributed by atoms with van der Waals surface area (Å²) >= 11 is 0. The Labute approximate surface area is 182 Å². The lowest BCUT2D eigenvalue weighted by molar-refractivity contribution is -0.165. The van der Waals surface area contributed by atoms with Crippen LogP contribution in [0.15, 0.2) is 42.5 Å². The summed E-state index contributed by atoms with van der Waals surface area (Å²) in [5.74, 6) is 0.620. The summed E-state index contributed by atoms with van der Waals surface area (Å²) in [5.41, 5.74) is 1.42. The predicted molar refractivity (Wildman–Crippen MR) is 116 cm³/mol. The van der Waals surface area contributed by atoms with E-state index in [9.17, 15) is 9.59 Å². The second-order valence-electron chi connectivity index (χ2n) is 8.37. The summed E-state index contributed by atoms with van der Waals surface area (Å²) in [6.07, 6.45) is 3.04. The molecule has 2 aromatic carbocycles. The van der Waals surface area contributed by atoms with Crippen molar-refractivity contribution in [1.82, 2.24) is 5.32 Å². The van der Waals surface area contributed by atoms with Crippen molar-refractivity contribution in [3.63, 3.8) is 0 Å². The molecule has 2 unspecified atom stereocenters. The highest BCUT2D eigenvalue weighted by atomic mass is 16.5. The van der Waals surface area contributed by atoms with Crippen LogP contribution in [0.5, 0.6) is 11.5 Å². The Hall–Kier alpha value is -3.02. The fourth-order valence-corrected chi connectivity index (χ4v) is 5.03. The summed E-state index contributed by atoms with van der Waals surface area (Å²) in [6.45, 7) is 2.01. The highest BCUT2D eigenvalue weighted by molar-refractivity contribution is 6.04. The number of carbonyl (C=O) groups is 2. The third-order valence-corrected chi connectivity index (χ3v) is 6.73. The lowest BCUT2D eigenvalue weighted by Crippen LogP contribution is -2.60. The first-order valence-electron chi connectivity index (χ1n) is 10.8. The van der Waals surface area contributed by atoms with E-state index in [0.717, 1.165) is 29.5 Å². The molecule has 164 valence electrons. The van der Waals surface area contributed by atoms with E-state index in [-0.39, 0.29) is 12.5 Å². The first kappa shape index (κ1) is 21.2. The second-order valence-corrected chi connectivity index (χ2v) is 8.37.